The second kappa shape index (κ2) is 6.81. The third kappa shape index (κ3) is 4.91. The molecule has 0 amide bonds. The molecule has 1 fully saturated rings. The Balaban J connectivity index is 2.32. The smallest absolute Gasteiger partial charge is 0.188 e. The predicted molar refractivity (Wildman–Crippen MR) is 69.1 cm³/mol. The SMILES string of the molecule is COCC(C)NC(N)=NCC1CC(C)OC1C. The Morgan fingerprint density at radius 2 is 2.29 bits per heavy atom. The molecule has 3 N–H and O–H groups in total. The number of rotatable bonds is 5. The molecule has 4 unspecified atom stereocenters. The van der Waals surface area contributed by atoms with E-state index in [2.05, 4.69) is 24.2 Å². The zero-order chi connectivity index (χ0) is 12.8. The van der Waals surface area contributed by atoms with Gasteiger partial charge in [0.25, 0.3) is 0 Å². The lowest BCUT2D eigenvalue weighted by Gasteiger charge is -2.15. The van der Waals surface area contributed by atoms with Crippen LogP contribution in [0, 0.1) is 5.92 Å². The largest absolute Gasteiger partial charge is 0.383 e. The van der Waals surface area contributed by atoms with Crippen LogP contribution in [0.2, 0.25) is 0 Å². The molecule has 1 aliphatic heterocycles. The van der Waals surface area contributed by atoms with Crippen molar-refractivity contribution in [2.45, 2.75) is 45.4 Å². The van der Waals surface area contributed by atoms with Gasteiger partial charge in [-0.2, -0.15) is 0 Å². The standard InChI is InChI=1S/C12H25N3O2/c1-8(7-16-4)15-12(13)14-6-11-5-9(2)17-10(11)3/h8-11H,5-7H2,1-4H3,(H3,13,14,15). The molecule has 4 atom stereocenters. The first-order chi connectivity index (χ1) is 8.02. The molecule has 100 valence electrons. The van der Waals surface area contributed by atoms with Gasteiger partial charge in [0, 0.05) is 25.6 Å². The van der Waals surface area contributed by atoms with Crippen LogP contribution in [-0.2, 0) is 9.47 Å². The van der Waals surface area contributed by atoms with E-state index in [1.807, 2.05) is 6.92 Å². The number of nitrogens with one attached hydrogen (secondary N) is 1. The Bertz CT molecular complexity index is 258. The lowest BCUT2D eigenvalue weighted by atomic mass is 10.0. The second-order valence-corrected chi connectivity index (χ2v) is 4.87. The average molecular weight is 243 g/mol. The van der Waals surface area contributed by atoms with E-state index in [1.54, 1.807) is 7.11 Å². The number of hydrogen-bond acceptors (Lipinski definition) is 3. The summed E-state index contributed by atoms with van der Waals surface area (Å²) in [6, 6.07) is 0.180. The van der Waals surface area contributed by atoms with Crippen molar-refractivity contribution >= 4 is 5.96 Å². The zero-order valence-corrected chi connectivity index (χ0v) is 11.3. The van der Waals surface area contributed by atoms with Gasteiger partial charge in [-0.3, -0.25) is 4.99 Å². The molecule has 17 heavy (non-hydrogen) atoms. The van der Waals surface area contributed by atoms with Crippen LogP contribution in [-0.4, -0.2) is 44.5 Å². The van der Waals surface area contributed by atoms with Gasteiger partial charge in [0.2, 0.25) is 0 Å². The zero-order valence-electron chi connectivity index (χ0n) is 11.3. The van der Waals surface area contributed by atoms with Crippen LogP contribution in [0.4, 0.5) is 0 Å². The second-order valence-electron chi connectivity index (χ2n) is 4.87. The molecule has 1 rings (SSSR count). The molecule has 0 spiro atoms. The van der Waals surface area contributed by atoms with Gasteiger partial charge < -0.3 is 20.5 Å². The fraction of sp³-hybridized carbons (Fsp3) is 0.917. The van der Waals surface area contributed by atoms with E-state index in [-0.39, 0.29) is 12.1 Å². The summed E-state index contributed by atoms with van der Waals surface area (Å²) >= 11 is 0. The van der Waals surface area contributed by atoms with Crippen molar-refractivity contribution in [3.05, 3.63) is 0 Å². The van der Waals surface area contributed by atoms with Crippen LogP contribution in [0.3, 0.4) is 0 Å². The average Bonchev–Trinajstić information content (AvgIpc) is 2.54. The molecule has 1 aliphatic rings. The van der Waals surface area contributed by atoms with Gasteiger partial charge >= 0.3 is 0 Å². The number of nitrogens with zero attached hydrogens (tertiary/aromatic N) is 1. The molecular formula is C12H25N3O2. The van der Waals surface area contributed by atoms with E-state index < -0.39 is 0 Å². The van der Waals surface area contributed by atoms with E-state index in [9.17, 15) is 0 Å². The van der Waals surface area contributed by atoms with Crippen molar-refractivity contribution in [1.82, 2.24) is 5.32 Å². The minimum Gasteiger partial charge on any atom is -0.383 e. The Labute approximate surface area is 104 Å². The lowest BCUT2D eigenvalue weighted by Crippen LogP contribution is -2.41. The highest BCUT2D eigenvalue weighted by molar-refractivity contribution is 5.78. The first-order valence-electron chi connectivity index (χ1n) is 6.23. The van der Waals surface area contributed by atoms with Crippen LogP contribution in [0.5, 0.6) is 0 Å². The summed E-state index contributed by atoms with van der Waals surface area (Å²) in [6.07, 6.45) is 1.68. The minimum absolute atomic E-state index is 0.180. The predicted octanol–water partition coefficient (Wildman–Crippen LogP) is 0.739. The maximum absolute atomic E-state index is 5.81. The van der Waals surface area contributed by atoms with Gasteiger partial charge in [-0.05, 0) is 27.2 Å². The van der Waals surface area contributed by atoms with Crippen LogP contribution in [0.25, 0.3) is 0 Å². The van der Waals surface area contributed by atoms with Crippen molar-refractivity contribution < 1.29 is 9.47 Å². The lowest BCUT2D eigenvalue weighted by molar-refractivity contribution is 0.0570. The molecule has 5 heteroatoms. The number of nitrogens with two attached hydrogens (primary N) is 1. The Kier molecular flexibility index (Phi) is 5.71. The summed E-state index contributed by atoms with van der Waals surface area (Å²) in [6.45, 7) is 7.55. The summed E-state index contributed by atoms with van der Waals surface area (Å²) in [5.74, 6) is 0.962. The van der Waals surface area contributed by atoms with Gasteiger partial charge in [-0.25, -0.2) is 0 Å². The molecule has 0 aromatic carbocycles. The number of ether oxygens (including phenoxy) is 2. The van der Waals surface area contributed by atoms with Crippen LogP contribution < -0.4 is 11.1 Å². The van der Waals surface area contributed by atoms with Crippen LogP contribution >= 0.6 is 0 Å². The first-order valence-corrected chi connectivity index (χ1v) is 6.23. The van der Waals surface area contributed by atoms with Gasteiger partial charge in [0.1, 0.15) is 0 Å². The normalized spacial score (nSPS) is 31.5. The third-order valence-corrected chi connectivity index (χ3v) is 3.05. The quantitative estimate of drug-likeness (QED) is 0.552. The monoisotopic (exact) mass is 243 g/mol. The van der Waals surface area contributed by atoms with Crippen LogP contribution in [0.15, 0.2) is 4.99 Å². The Morgan fingerprint density at radius 1 is 1.59 bits per heavy atom. The molecule has 0 saturated carbocycles. The molecule has 0 aromatic heterocycles. The Morgan fingerprint density at radius 3 is 2.82 bits per heavy atom. The summed E-state index contributed by atoms with van der Waals surface area (Å²) in [7, 11) is 1.67. The number of aliphatic imine (C=N–C) groups is 1. The third-order valence-electron chi connectivity index (χ3n) is 3.05. The van der Waals surface area contributed by atoms with Crippen molar-refractivity contribution in [1.29, 1.82) is 0 Å². The first kappa shape index (κ1) is 14.3. The molecule has 1 heterocycles. The summed E-state index contributed by atoms with van der Waals surface area (Å²) in [5.41, 5.74) is 5.81. The van der Waals surface area contributed by atoms with Crippen molar-refractivity contribution in [3.63, 3.8) is 0 Å². The maximum atomic E-state index is 5.81. The highest BCUT2D eigenvalue weighted by atomic mass is 16.5. The highest BCUT2D eigenvalue weighted by Gasteiger charge is 2.29. The molecule has 0 bridgehead atoms. The fourth-order valence-corrected chi connectivity index (χ4v) is 2.18. The van der Waals surface area contributed by atoms with E-state index in [0.717, 1.165) is 13.0 Å². The maximum Gasteiger partial charge on any atom is 0.188 e. The van der Waals surface area contributed by atoms with E-state index in [0.29, 0.717) is 24.6 Å². The molecule has 5 nitrogen and oxygen atoms in total. The highest BCUT2D eigenvalue weighted by Crippen LogP contribution is 2.25. The van der Waals surface area contributed by atoms with Gasteiger partial charge in [0.05, 0.1) is 18.8 Å². The Hall–Kier alpha value is -0.810. The van der Waals surface area contributed by atoms with Gasteiger partial charge in [-0.15, -0.1) is 0 Å². The summed E-state index contributed by atoms with van der Waals surface area (Å²) in [5, 5.41) is 3.09. The number of hydrogen-bond donors (Lipinski definition) is 2. The van der Waals surface area contributed by atoms with Gasteiger partial charge in [-0.1, -0.05) is 0 Å². The fourth-order valence-electron chi connectivity index (χ4n) is 2.18. The number of methoxy groups -OCH3 is 1. The topological polar surface area (TPSA) is 68.9 Å². The molecule has 0 aliphatic carbocycles. The van der Waals surface area contributed by atoms with E-state index >= 15 is 0 Å². The van der Waals surface area contributed by atoms with Crippen molar-refractivity contribution in [3.8, 4) is 0 Å². The van der Waals surface area contributed by atoms with Crippen LogP contribution in [0.1, 0.15) is 27.2 Å². The molecular weight excluding hydrogens is 218 g/mol. The molecule has 0 radical (unpaired) electrons. The van der Waals surface area contributed by atoms with Crippen molar-refractivity contribution in [2.24, 2.45) is 16.6 Å². The minimum atomic E-state index is 0.180. The van der Waals surface area contributed by atoms with E-state index in [1.165, 1.54) is 0 Å². The van der Waals surface area contributed by atoms with Crippen molar-refractivity contribution in [2.75, 3.05) is 20.3 Å². The molecule has 0 aromatic rings. The summed E-state index contributed by atoms with van der Waals surface area (Å²) in [4.78, 5) is 4.36. The number of guanidine groups is 1. The van der Waals surface area contributed by atoms with Gasteiger partial charge in [0.15, 0.2) is 5.96 Å². The summed E-state index contributed by atoms with van der Waals surface area (Å²) < 4.78 is 10.7. The molecule has 1 saturated heterocycles. The van der Waals surface area contributed by atoms with E-state index in [4.69, 9.17) is 15.2 Å².